The predicted octanol–water partition coefficient (Wildman–Crippen LogP) is 2.58. The van der Waals surface area contributed by atoms with Crippen molar-refractivity contribution >= 4 is 30.5 Å². The molecule has 0 aliphatic heterocycles. The number of aldehydes is 1. The summed E-state index contributed by atoms with van der Waals surface area (Å²) in [6, 6.07) is 2.47. The summed E-state index contributed by atoms with van der Waals surface area (Å²) in [7, 11) is 0. The molecule has 0 aromatic heterocycles. The molecule has 0 atom stereocenters. The van der Waals surface area contributed by atoms with Crippen molar-refractivity contribution < 1.29 is 9.18 Å². The van der Waals surface area contributed by atoms with E-state index in [1.807, 2.05) is 0 Å². The molecule has 0 unspecified atom stereocenters. The fraction of sp³-hybridized carbons (Fsp3) is 0. The number of hydrogen-bond donors (Lipinski definition) is 1. The molecule has 0 N–H and O–H groups in total. The highest BCUT2D eigenvalue weighted by atomic mass is 35.5. The van der Waals surface area contributed by atoms with E-state index in [0.29, 0.717) is 6.29 Å². The highest BCUT2D eigenvalue weighted by molar-refractivity contribution is 7.80. The fourth-order valence-electron chi connectivity index (χ4n) is 0.676. The van der Waals surface area contributed by atoms with E-state index < -0.39 is 5.82 Å². The Labute approximate surface area is 73.6 Å². The molecule has 1 nitrogen and oxygen atoms in total. The van der Waals surface area contributed by atoms with E-state index in [4.69, 9.17) is 11.6 Å². The quantitative estimate of drug-likeness (QED) is 0.532. The third-order valence-corrected chi connectivity index (χ3v) is 1.87. The largest absolute Gasteiger partial charge is 0.298 e. The van der Waals surface area contributed by atoms with Crippen LogP contribution in [0, 0.1) is 5.82 Å². The van der Waals surface area contributed by atoms with Gasteiger partial charge < -0.3 is 0 Å². The van der Waals surface area contributed by atoms with Gasteiger partial charge in [-0.05, 0) is 12.1 Å². The van der Waals surface area contributed by atoms with Gasteiger partial charge in [-0.3, -0.25) is 4.79 Å². The maximum absolute atomic E-state index is 12.7. The lowest BCUT2D eigenvalue weighted by atomic mass is 10.2. The van der Waals surface area contributed by atoms with Crippen LogP contribution in [-0.2, 0) is 0 Å². The molecule has 0 bridgehead atoms. The van der Waals surface area contributed by atoms with Gasteiger partial charge >= 0.3 is 0 Å². The minimum atomic E-state index is -0.581. The minimum absolute atomic E-state index is 0.0319. The van der Waals surface area contributed by atoms with E-state index in [1.165, 1.54) is 6.07 Å². The maximum Gasteiger partial charge on any atom is 0.151 e. The number of halogens is 2. The fourth-order valence-corrected chi connectivity index (χ4v) is 1.07. The van der Waals surface area contributed by atoms with Gasteiger partial charge in [-0.25, -0.2) is 4.39 Å². The molecule has 11 heavy (non-hydrogen) atoms. The summed E-state index contributed by atoms with van der Waals surface area (Å²) in [5.41, 5.74) is 0.165. The van der Waals surface area contributed by atoms with Crippen LogP contribution in [-0.4, -0.2) is 6.29 Å². The Bertz CT molecular complexity index is 301. The molecule has 0 aliphatic rings. The molecule has 0 spiro atoms. The van der Waals surface area contributed by atoms with E-state index in [0.717, 1.165) is 6.07 Å². The van der Waals surface area contributed by atoms with Crippen molar-refractivity contribution in [1.82, 2.24) is 0 Å². The van der Waals surface area contributed by atoms with Crippen molar-refractivity contribution in [2.45, 2.75) is 4.90 Å². The Morgan fingerprint density at radius 2 is 2.18 bits per heavy atom. The summed E-state index contributed by atoms with van der Waals surface area (Å²) in [5, 5.41) is 0.197. The Morgan fingerprint density at radius 1 is 1.55 bits per heavy atom. The molecule has 1 rings (SSSR count). The van der Waals surface area contributed by atoms with Crippen molar-refractivity contribution in [3.63, 3.8) is 0 Å². The molecule has 0 saturated heterocycles. The molecule has 0 saturated carbocycles. The number of thiol groups is 1. The van der Waals surface area contributed by atoms with Gasteiger partial charge in [0.15, 0.2) is 6.29 Å². The van der Waals surface area contributed by atoms with Crippen LogP contribution in [0.1, 0.15) is 10.4 Å². The second-order valence-electron chi connectivity index (χ2n) is 1.94. The standard InChI is InChI=1S/C7H4ClFOS/c8-5-1-4(3-10)7(11)6(9)2-5/h1-3,11H. The highest BCUT2D eigenvalue weighted by Crippen LogP contribution is 2.21. The molecule has 1 aromatic carbocycles. The molecular weight excluding hydrogens is 187 g/mol. The molecule has 0 fully saturated rings. The first kappa shape index (κ1) is 8.56. The zero-order valence-electron chi connectivity index (χ0n) is 5.34. The van der Waals surface area contributed by atoms with Crippen LogP contribution in [0.15, 0.2) is 17.0 Å². The average Bonchev–Trinajstić information content (AvgIpc) is 1.96. The first-order valence-electron chi connectivity index (χ1n) is 2.78. The molecule has 0 radical (unpaired) electrons. The molecule has 58 valence electrons. The second-order valence-corrected chi connectivity index (χ2v) is 2.83. The van der Waals surface area contributed by atoms with Gasteiger partial charge in [-0.1, -0.05) is 11.6 Å². The van der Waals surface area contributed by atoms with Gasteiger partial charge in [0.1, 0.15) is 5.82 Å². The van der Waals surface area contributed by atoms with Crippen LogP contribution in [0.3, 0.4) is 0 Å². The first-order chi connectivity index (χ1) is 5.15. The molecule has 0 amide bonds. The smallest absolute Gasteiger partial charge is 0.151 e. The zero-order valence-corrected chi connectivity index (χ0v) is 6.99. The lowest BCUT2D eigenvalue weighted by Crippen LogP contribution is -1.87. The van der Waals surface area contributed by atoms with Gasteiger partial charge in [0, 0.05) is 10.6 Å². The Balaban J connectivity index is 3.35. The Hall–Kier alpha value is -0.540. The Kier molecular flexibility index (Phi) is 2.52. The summed E-state index contributed by atoms with van der Waals surface area (Å²) in [4.78, 5) is 10.3. The van der Waals surface area contributed by atoms with Crippen LogP contribution >= 0.6 is 24.2 Å². The van der Waals surface area contributed by atoms with Crippen LogP contribution in [0.4, 0.5) is 4.39 Å². The van der Waals surface area contributed by atoms with Crippen molar-refractivity contribution in [2.75, 3.05) is 0 Å². The van der Waals surface area contributed by atoms with Crippen LogP contribution < -0.4 is 0 Å². The third-order valence-electron chi connectivity index (χ3n) is 1.18. The number of carbonyl (C=O) groups is 1. The zero-order chi connectivity index (χ0) is 8.43. The first-order valence-corrected chi connectivity index (χ1v) is 3.61. The number of rotatable bonds is 1. The molecule has 0 heterocycles. The molecule has 0 aliphatic carbocycles. The van der Waals surface area contributed by atoms with Gasteiger partial charge in [0.2, 0.25) is 0 Å². The van der Waals surface area contributed by atoms with Gasteiger partial charge in [-0.15, -0.1) is 12.6 Å². The van der Waals surface area contributed by atoms with Crippen LogP contribution in [0.2, 0.25) is 5.02 Å². The predicted molar refractivity (Wildman–Crippen MR) is 44.0 cm³/mol. The molecule has 4 heteroatoms. The lowest BCUT2D eigenvalue weighted by molar-refractivity contribution is 0.112. The summed E-state index contributed by atoms with van der Waals surface area (Å²) >= 11 is 9.24. The lowest BCUT2D eigenvalue weighted by Gasteiger charge is -1.98. The summed E-state index contributed by atoms with van der Waals surface area (Å²) in [6.07, 6.45) is 0.511. The van der Waals surface area contributed by atoms with Crippen molar-refractivity contribution in [3.05, 3.63) is 28.5 Å². The van der Waals surface area contributed by atoms with E-state index in [-0.39, 0.29) is 15.5 Å². The SMILES string of the molecule is O=Cc1cc(Cl)cc(F)c1S. The second kappa shape index (κ2) is 3.24. The van der Waals surface area contributed by atoms with Crippen molar-refractivity contribution in [1.29, 1.82) is 0 Å². The topological polar surface area (TPSA) is 17.1 Å². The summed E-state index contributed by atoms with van der Waals surface area (Å²) < 4.78 is 12.7. The van der Waals surface area contributed by atoms with Crippen LogP contribution in [0.5, 0.6) is 0 Å². The van der Waals surface area contributed by atoms with E-state index in [1.54, 1.807) is 0 Å². The van der Waals surface area contributed by atoms with Gasteiger partial charge in [-0.2, -0.15) is 0 Å². The monoisotopic (exact) mass is 190 g/mol. The average molecular weight is 191 g/mol. The van der Waals surface area contributed by atoms with E-state index in [2.05, 4.69) is 12.6 Å². The maximum atomic E-state index is 12.7. The third kappa shape index (κ3) is 1.73. The minimum Gasteiger partial charge on any atom is -0.298 e. The summed E-state index contributed by atoms with van der Waals surface area (Å²) in [5.74, 6) is -0.581. The molecule has 1 aromatic rings. The van der Waals surface area contributed by atoms with Crippen LogP contribution in [0.25, 0.3) is 0 Å². The number of carbonyl (C=O) groups excluding carboxylic acids is 1. The van der Waals surface area contributed by atoms with Crippen molar-refractivity contribution in [2.24, 2.45) is 0 Å². The van der Waals surface area contributed by atoms with E-state index >= 15 is 0 Å². The molecular formula is C7H4ClFOS. The highest BCUT2D eigenvalue weighted by Gasteiger charge is 2.05. The normalized spacial score (nSPS) is 9.73. The summed E-state index contributed by atoms with van der Waals surface area (Å²) in [6.45, 7) is 0. The number of benzene rings is 1. The van der Waals surface area contributed by atoms with Crippen molar-refractivity contribution in [3.8, 4) is 0 Å². The van der Waals surface area contributed by atoms with E-state index in [9.17, 15) is 9.18 Å². The van der Waals surface area contributed by atoms with Gasteiger partial charge in [0.25, 0.3) is 0 Å². The number of hydrogen-bond acceptors (Lipinski definition) is 2. The van der Waals surface area contributed by atoms with Gasteiger partial charge in [0.05, 0.1) is 4.90 Å². The Morgan fingerprint density at radius 3 is 2.73 bits per heavy atom.